The van der Waals surface area contributed by atoms with E-state index in [0.717, 1.165) is 12.0 Å². The summed E-state index contributed by atoms with van der Waals surface area (Å²) in [6.07, 6.45) is 0.801. The molecule has 0 radical (unpaired) electrons. The summed E-state index contributed by atoms with van der Waals surface area (Å²) < 4.78 is 0. The Bertz CT molecular complexity index is 608. The van der Waals surface area contributed by atoms with E-state index in [0.29, 0.717) is 18.7 Å². The molecule has 0 aliphatic heterocycles. The van der Waals surface area contributed by atoms with Gasteiger partial charge in [0, 0.05) is 18.7 Å². The molecule has 0 fully saturated rings. The smallest absolute Gasteiger partial charge is 0.230 e. The second-order valence-corrected chi connectivity index (χ2v) is 5.27. The average Bonchev–Trinajstić information content (AvgIpc) is 2.56. The number of Topliss-reactive ketones (excluding diaryl/α,β-unsaturated/α-hetero) is 1. The molecule has 2 aromatic carbocycles. The zero-order valence-electron chi connectivity index (χ0n) is 12.9. The number of hydrogen-bond donors (Lipinski definition) is 0. The van der Waals surface area contributed by atoms with Crippen molar-refractivity contribution in [1.29, 1.82) is 0 Å². The molecule has 0 saturated carbocycles. The van der Waals surface area contributed by atoms with Gasteiger partial charge < -0.3 is 4.90 Å². The molecule has 2 aromatic rings. The summed E-state index contributed by atoms with van der Waals surface area (Å²) in [7, 11) is 0. The number of nitrogens with zero attached hydrogens (tertiary/aromatic N) is 1. The van der Waals surface area contributed by atoms with Crippen LogP contribution in [0.3, 0.4) is 0 Å². The molecule has 2 rings (SSSR count). The van der Waals surface area contributed by atoms with E-state index < -0.39 is 0 Å². The van der Waals surface area contributed by atoms with Crippen LogP contribution in [0.25, 0.3) is 0 Å². The highest BCUT2D eigenvalue weighted by Gasteiger charge is 2.17. The van der Waals surface area contributed by atoms with Crippen molar-refractivity contribution in [3.8, 4) is 0 Å². The molecular weight excluding hydrogens is 274 g/mol. The number of carbonyl (C=O) groups is 2. The van der Waals surface area contributed by atoms with E-state index in [1.54, 1.807) is 17.0 Å². The second kappa shape index (κ2) is 8.13. The summed E-state index contributed by atoms with van der Waals surface area (Å²) in [6, 6.07) is 18.8. The Hall–Kier alpha value is -2.42. The number of amides is 1. The molecule has 0 spiro atoms. The first kappa shape index (κ1) is 16.0. The van der Waals surface area contributed by atoms with Crippen molar-refractivity contribution in [2.75, 3.05) is 6.54 Å². The van der Waals surface area contributed by atoms with Gasteiger partial charge in [-0.05, 0) is 12.0 Å². The van der Waals surface area contributed by atoms with Crippen LogP contribution in [-0.4, -0.2) is 23.1 Å². The molecule has 3 nitrogen and oxygen atoms in total. The van der Waals surface area contributed by atoms with E-state index in [9.17, 15) is 9.59 Å². The first-order valence-corrected chi connectivity index (χ1v) is 7.60. The highest BCUT2D eigenvalue weighted by Crippen LogP contribution is 2.10. The van der Waals surface area contributed by atoms with Crippen molar-refractivity contribution in [3.63, 3.8) is 0 Å². The van der Waals surface area contributed by atoms with Crippen LogP contribution in [0, 0.1) is 0 Å². The largest absolute Gasteiger partial charge is 0.338 e. The lowest BCUT2D eigenvalue weighted by Gasteiger charge is -2.22. The molecule has 0 atom stereocenters. The number of rotatable bonds is 7. The lowest BCUT2D eigenvalue weighted by Crippen LogP contribution is -2.32. The van der Waals surface area contributed by atoms with Crippen molar-refractivity contribution in [2.24, 2.45) is 0 Å². The SMILES string of the molecule is CCCN(Cc1ccccc1)C(=O)CC(=O)c1ccccc1. The summed E-state index contributed by atoms with van der Waals surface area (Å²) in [5, 5.41) is 0. The van der Waals surface area contributed by atoms with Gasteiger partial charge in [-0.3, -0.25) is 9.59 Å². The standard InChI is InChI=1S/C19H21NO2/c1-2-13-20(15-16-9-5-3-6-10-16)19(22)14-18(21)17-11-7-4-8-12-17/h3-12H,2,13-15H2,1H3. The number of hydrogen-bond acceptors (Lipinski definition) is 2. The maximum Gasteiger partial charge on any atom is 0.230 e. The molecular formula is C19H21NO2. The van der Waals surface area contributed by atoms with Crippen molar-refractivity contribution in [2.45, 2.75) is 26.3 Å². The molecule has 0 bridgehead atoms. The third-order valence-corrected chi connectivity index (χ3v) is 3.47. The molecule has 0 N–H and O–H groups in total. The van der Waals surface area contributed by atoms with Crippen LogP contribution in [0.5, 0.6) is 0 Å². The Balaban J connectivity index is 2.02. The molecule has 0 aliphatic rings. The van der Waals surface area contributed by atoms with Crippen LogP contribution < -0.4 is 0 Å². The van der Waals surface area contributed by atoms with Gasteiger partial charge in [-0.15, -0.1) is 0 Å². The lowest BCUT2D eigenvalue weighted by atomic mass is 10.1. The van der Waals surface area contributed by atoms with Gasteiger partial charge in [0.25, 0.3) is 0 Å². The fourth-order valence-electron chi connectivity index (χ4n) is 2.34. The minimum atomic E-state index is -0.125. The predicted octanol–water partition coefficient (Wildman–Crippen LogP) is 3.70. The van der Waals surface area contributed by atoms with Gasteiger partial charge in [-0.1, -0.05) is 67.6 Å². The molecule has 0 heterocycles. The zero-order chi connectivity index (χ0) is 15.8. The average molecular weight is 295 g/mol. The topological polar surface area (TPSA) is 37.4 Å². The maximum absolute atomic E-state index is 12.4. The van der Waals surface area contributed by atoms with Gasteiger partial charge in [0.1, 0.15) is 0 Å². The zero-order valence-corrected chi connectivity index (χ0v) is 12.9. The van der Waals surface area contributed by atoms with Gasteiger partial charge in [0.05, 0.1) is 6.42 Å². The Kier molecular flexibility index (Phi) is 5.90. The Morgan fingerprint density at radius 2 is 1.50 bits per heavy atom. The van der Waals surface area contributed by atoms with Crippen molar-refractivity contribution < 1.29 is 9.59 Å². The number of ketones is 1. The third-order valence-electron chi connectivity index (χ3n) is 3.47. The summed E-state index contributed by atoms with van der Waals surface area (Å²) in [5.41, 5.74) is 1.67. The number of benzene rings is 2. The van der Waals surface area contributed by atoms with E-state index in [-0.39, 0.29) is 18.1 Å². The second-order valence-electron chi connectivity index (χ2n) is 5.27. The summed E-state index contributed by atoms with van der Waals surface area (Å²) in [5.74, 6) is -0.237. The molecule has 0 aromatic heterocycles. The first-order chi connectivity index (χ1) is 10.7. The monoisotopic (exact) mass is 295 g/mol. The molecule has 22 heavy (non-hydrogen) atoms. The van der Waals surface area contributed by atoms with Crippen molar-refractivity contribution >= 4 is 11.7 Å². The molecule has 0 aliphatic carbocycles. The van der Waals surface area contributed by atoms with Gasteiger partial charge in [0.15, 0.2) is 5.78 Å². The minimum Gasteiger partial charge on any atom is -0.338 e. The van der Waals surface area contributed by atoms with Gasteiger partial charge in [0.2, 0.25) is 5.91 Å². The van der Waals surface area contributed by atoms with E-state index in [1.807, 2.05) is 55.5 Å². The highest BCUT2D eigenvalue weighted by atomic mass is 16.2. The van der Waals surface area contributed by atoms with E-state index in [2.05, 4.69) is 0 Å². The van der Waals surface area contributed by atoms with Crippen LogP contribution >= 0.6 is 0 Å². The third kappa shape index (κ3) is 4.55. The minimum absolute atomic E-state index is 0.0726. The molecule has 1 amide bonds. The van der Waals surface area contributed by atoms with Gasteiger partial charge in [-0.25, -0.2) is 0 Å². The fraction of sp³-hybridized carbons (Fsp3) is 0.263. The molecule has 114 valence electrons. The fourth-order valence-corrected chi connectivity index (χ4v) is 2.34. The lowest BCUT2D eigenvalue weighted by molar-refractivity contribution is -0.130. The van der Waals surface area contributed by atoms with Crippen LogP contribution in [0.15, 0.2) is 60.7 Å². The maximum atomic E-state index is 12.4. The van der Waals surface area contributed by atoms with Crippen LogP contribution in [-0.2, 0) is 11.3 Å². The predicted molar refractivity (Wildman–Crippen MR) is 87.5 cm³/mol. The summed E-state index contributed by atoms with van der Waals surface area (Å²) in [4.78, 5) is 26.4. The quantitative estimate of drug-likeness (QED) is 0.577. The van der Waals surface area contributed by atoms with Crippen LogP contribution in [0.4, 0.5) is 0 Å². The Labute approximate surface area is 131 Å². The Morgan fingerprint density at radius 3 is 2.09 bits per heavy atom. The molecule has 3 heteroatoms. The first-order valence-electron chi connectivity index (χ1n) is 7.60. The van der Waals surface area contributed by atoms with E-state index in [4.69, 9.17) is 0 Å². The van der Waals surface area contributed by atoms with Crippen LogP contribution in [0.1, 0.15) is 35.7 Å². The van der Waals surface area contributed by atoms with Gasteiger partial charge >= 0.3 is 0 Å². The van der Waals surface area contributed by atoms with Crippen molar-refractivity contribution in [3.05, 3.63) is 71.8 Å². The van der Waals surface area contributed by atoms with Crippen LogP contribution in [0.2, 0.25) is 0 Å². The highest BCUT2D eigenvalue weighted by molar-refractivity contribution is 6.07. The van der Waals surface area contributed by atoms with Crippen molar-refractivity contribution in [1.82, 2.24) is 4.90 Å². The van der Waals surface area contributed by atoms with E-state index in [1.165, 1.54) is 0 Å². The van der Waals surface area contributed by atoms with Gasteiger partial charge in [-0.2, -0.15) is 0 Å². The molecule has 0 unspecified atom stereocenters. The number of carbonyl (C=O) groups excluding carboxylic acids is 2. The normalized spacial score (nSPS) is 10.2. The molecule has 0 saturated heterocycles. The summed E-state index contributed by atoms with van der Waals surface area (Å²) >= 11 is 0. The summed E-state index contributed by atoms with van der Waals surface area (Å²) in [6.45, 7) is 3.25. The Morgan fingerprint density at radius 1 is 0.909 bits per heavy atom. The van der Waals surface area contributed by atoms with E-state index >= 15 is 0 Å².